The quantitative estimate of drug-likeness (QED) is 0.649. The van der Waals surface area contributed by atoms with E-state index in [1.807, 2.05) is 60.7 Å². The van der Waals surface area contributed by atoms with Crippen molar-refractivity contribution in [2.24, 2.45) is 0 Å². The molecule has 0 unspecified atom stereocenters. The molecule has 3 heteroatoms. The summed E-state index contributed by atoms with van der Waals surface area (Å²) >= 11 is 0. The number of aliphatic hydroxyl groups excluding tert-OH is 1. The lowest BCUT2D eigenvalue weighted by Gasteiger charge is -2.18. The van der Waals surface area contributed by atoms with Gasteiger partial charge in [-0.25, -0.2) is 4.79 Å². The number of hydrogen-bond donors (Lipinski definition) is 2. The maximum absolute atomic E-state index is 11.3. The molecule has 2 aromatic rings. The van der Waals surface area contributed by atoms with E-state index in [-0.39, 0.29) is 5.57 Å². The van der Waals surface area contributed by atoms with Gasteiger partial charge in [0.05, 0.1) is 11.8 Å². The van der Waals surface area contributed by atoms with Crippen molar-refractivity contribution in [2.45, 2.75) is 5.92 Å². The highest BCUT2D eigenvalue weighted by molar-refractivity contribution is 5.89. The molecule has 0 fully saturated rings. The SMILES string of the molecule is O=C(O)C(=CO)C(c1ccccc1)c1ccccc1. The maximum atomic E-state index is 11.3. The van der Waals surface area contributed by atoms with Gasteiger partial charge in [0.1, 0.15) is 0 Å². The van der Waals surface area contributed by atoms with Gasteiger partial charge in [0.2, 0.25) is 0 Å². The molecule has 0 saturated carbocycles. The summed E-state index contributed by atoms with van der Waals surface area (Å²) in [5.41, 5.74) is 1.62. The van der Waals surface area contributed by atoms with Crippen LogP contribution in [0.3, 0.4) is 0 Å². The normalized spacial score (nSPS) is 11.5. The zero-order valence-corrected chi connectivity index (χ0v) is 10.2. The molecule has 96 valence electrons. The molecule has 0 amide bonds. The molecule has 0 bridgehead atoms. The lowest BCUT2D eigenvalue weighted by molar-refractivity contribution is -0.133. The van der Waals surface area contributed by atoms with Gasteiger partial charge in [-0.1, -0.05) is 60.7 Å². The molecule has 0 aliphatic carbocycles. The summed E-state index contributed by atoms with van der Waals surface area (Å²) < 4.78 is 0. The van der Waals surface area contributed by atoms with E-state index in [9.17, 15) is 15.0 Å². The Labute approximate surface area is 111 Å². The van der Waals surface area contributed by atoms with Gasteiger partial charge in [-0.05, 0) is 11.1 Å². The molecule has 0 atom stereocenters. The minimum absolute atomic E-state index is 0.0441. The van der Waals surface area contributed by atoms with E-state index in [0.717, 1.165) is 11.1 Å². The van der Waals surface area contributed by atoms with E-state index >= 15 is 0 Å². The van der Waals surface area contributed by atoms with Gasteiger partial charge < -0.3 is 10.2 Å². The molecule has 0 aromatic heterocycles. The summed E-state index contributed by atoms with van der Waals surface area (Å²) in [6.45, 7) is 0. The van der Waals surface area contributed by atoms with Crippen molar-refractivity contribution in [3.8, 4) is 0 Å². The van der Waals surface area contributed by atoms with Crippen molar-refractivity contribution in [1.82, 2.24) is 0 Å². The molecule has 2 rings (SSSR count). The molecule has 2 aromatic carbocycles. The Bertz CT molecular complexity index is 534. The highest BCUT2D eigenvalue weighted by Gasteiger charge is 2.24. The van der Waals surface area contributed by atoms with Crippen LogP contribution in [0, 0.1) is 0 Å². The van der Waals surface area contributed by atoms with Gasteiger partial charge in [0.15, 0.2) is 0 Å². The molecule has 0 heterocycles. The highest BCUT2D eigenvalue weighted by Crippen LogP contribution is 2.31. The fourth-order valence-electron chi connectivity index (χ4n) is 2.10. The molecular formula is C16H14O3. The Balaban J connectivity index is 2.55. The first-order valence-electron chi connectivity index (χ1n) is 5.91. The largest absolute Gasteiger partial charge is 0.515 e. The summed E-state index contributed by atoms with van der Waals surface area (Å²) in [5.74, 6) is -1.61. The standard InChI is InChI=1S/C16H14O3/c17-11-14(16(18)19)15(12-7-3-1-4-8-12)13-9-5-2-6-10-13/h1-11,15,17H,(H,18,19). The van der Waals surface area contributed by atoms with Gasteiger partial charge in [0, 0.05) is 5.92 Å². The molecular weight excluding hydrogens is 240 g/mol. The Morgan fingerprint density at radius 2 is 1.32 bits per heavy atom. The van der Waals surface area contributed by atoms with Crippen LogP contribution in [0.5, 0.6) is 0 Å². The first-order valence-corrected chi connectivity index (χ1v) is 5.91. The van der Waals surface area contributed by atoms with Gasteiger partial charge >= 0.3 is 5.97 Å². The Kier molecular flexibility index (Phi) is 3.98. The maximum Gasteiger partial charge on any atom is 0.335 e. The lowest BCUT2D eigenvalue weighted by Crippen LogP contribution is -2.12. The number of aliphatic carboxylic acids is 1. The molecule has 0 aliphatic heterocycles. The van der Waals surface area contributed by atoms with E-state index < -0.39 is 11.9 Å². The molecule has 0 saturated heterocycles. The zero-order valence-electron chi connectivity index (χ0n) is 10.2. The smallest absolute Gasteiger partial charge is 0.335 e. The number of carboxylic acids is 1. The van der Waals surface area contributed by atoms with Gasteiger partial charge in [-0.15, -0.1) is 0 Å². The molecule has 2 N–H and O–H groups in total. The fraction of sp³-hybridized carbons (Fsp3) is 0.0625. The number of aliphatic hydroxyl groups is 1. The topological polar surface area (TPSA) is 57.5 Å². The third kappa shape index (κ3) is 2.83. The second-order valence-electron chi connectivity index (χ2n) is 4.14. The third-order valence-electron chi connectivity index (χ3n) is 2.96. The minimum Gasteiger partial charge on any atom is -0.515 e. The summed E-state index contributed by atoms with van der Waals surface area (Å²) in [5, 5.41) is 18.5. The van der Waals surface area contributed by atoms with Crippen LogP contribution in [-0.2, 0) is 4.79 Å². The average Bonchev–Trinajstić information content (AvgIpc) is 2.46. The zero-order chi connectivity index (χ0) is 13.7. The predicted octanol–water partition coefficient (Wildman–Crippen LogP) is 3.35. The molecule has 0 spiro atoms. The van der Waals surface area contributed by atoms with Crippen molar-refractivity contribution >= 4 is 5.97 Å². The van der Waals surface area contributed by atoms with Gasteiger partial charge in [-0.3, -0.25) is 0 Å². The number of benzene rings is 2. The number of hydrogen-bond acceptors (Lipinski definition) is 2. The van der Waals surface area contributed by atoms with Crippen LogP contribution < -0.4 is 0 Å². The van der Waals surface area contributed by atoms with E-state index in [1.165, 1.54) is 0 Å². The van der Waals surface area contributed by atoms with Crippen LogP contribution in [0.1, 0.15) is 17.0 Å². The Hall–Kier alpha value is -2.55. The fourth-order valence-corrected chi connectivity index (χ4v) is 2.10. The van der Waals surface area contributed by atoms with E-state index in [0.29, 0.717) is 6.26 Å². The van der Waals surface area contributed by atoms with Crippen molar-refractivity contribution < 1.29 is 15.0 Å². The van der Waals surface area contributed by atoms with E-state index in [4.69, 9.17) is 0 Å². The molecule has 3 nitrogen and oxygen atoms in total. The second kappa shape index (κ2) is 5.87. The van der Waals surface area contributed by atoms with E-state index in [1.54, 1.807) is 0 Å². The summed E-state index contributed by atoms with van der Waals surface area (Å²) in [6, 6.07) is 18.5. The molecule has 0 radical (unpaired) electrons. The minimum atomic E-state index is -1.12. The first kappa shape index (κ1) is 12.9. The number of rotatable bonds is 4. The van der Waals surface area contributed by atoms with Crippen LogP contribution in [-0.4, -0.2) is 16.2 Å². The Morgan fingerprint density at radius 1 is 0.895 bits per heavy atom. The summed E-state index contributed by atoms with van der Waals surface area (Å²) in [7, 11) is 0. The molecule has 0 aliphatic rings. The second-order valence-corrected chi connectivity index (χ2v) is 4.14. The average molecular weight is 254 g/mol. The monoisotopic (exact) mass is 254 g/mol. The van der Waals surface area contributed by atoms with E-state index in [2.05, 4.69) is 0 Å². The van der Waals surface area contributed by atoms with Crippen molar-refractivity contribution in [3.63, 3.8) is 0 Å². The summed E-state index contributed by atoms with van der Waals surface area (Å²) in [4.78, 5) is 11.3. The van der Waals surface area contributed by atoms with Gasteiger partial charge in [0.25, 0.3) is 0 Å². The van der Waals surface area contributed by atoms with Crippen LogP contribution in [0.4, 0.5) is 0 Å². The Morgan fingerprint density at radius 3 is 1.63 bits per heavy atom. The number of carbonyl (C=O) groups is 1. The van der Waals surface area contributed by atoms with Crippen LogP contribution in [0.2, 0.25) is 0 Å². The highest BCUT2D eigenvalue weighted by atomic mass is 16.4. The lowest BCUT2D eigenvalue weighted by atomic mass is 9.85. The third-order valence-corrected chi connectivity index (χ3v) is 2.96. The van der Waals surface area contributed by atoms with Crippen LogP contribution in [0.25, 0.3) is 0 Å². The van der Waals surface area contributed by atoms with Gasteiger partial charge in [-0.2, -0.15) is 0 Å². The van der Waals surface area contributed by atoms with Crippen molar-refractivity contribution in [2.75, 3.05) is 0 Å². The molecule has 19 heavy (non-hydrogen) atoms. The van der Waals surface area contributed by atoms with Crippen molar-refractivity contribution in [1.29, 1.82) is 0 Å². The number of carboxylic acid groups (broad SMARTS) is 1. The predicted molar refractivity (Wildman–Crippen MR) is 73.1 cm³/mol. The van der Waals surface area contributed by atoms with Crippen LogP contribution >= 0.6 is 0 Å². The van der Waals surface area contributed by atoms with Crippen molar-refractivity contribution in [3.05, 3.63) is 83.6 Å². The van der Waals surface area contributed by atoms with Crippen LogP contribution in [0.15, 0.2) is 72.5 Å². The summed E-state index contributed by atoms with van der Waals surface area (Å²) in [6.07, 6.45) is 0.674. The first-order chi connectivity index (χ1) is 9.24.